The highest BCUT2D eigenvalue weighted by atomic mass is 16.5. The van der Waals surface area contributed by atoms with Crippen molar-refractivity contribution in [3.05, 3.63) is 29.8 Å². The fourth-order valence-electron chi connectivity index (χ4n) is 5.49. The molecular formula is C28H42N4O4. The molecule has 3 fully saturated rings. The number of fused-ring (bicyclic) bond motifs is 1. The van der Waals surface area contributed by atoms with Gasteiger partial charge in [-0.05, 0) is 61.9 Å². The first-order valence-corrected chi connectivity index (χ1v) is 13.5. The number of Topliss-reactive ketones (excluding diaryl/α,β-unsaturated/α-hetero) is 1. The lowest BCUT2D eigenvalue weighted by Gasteiger charge is -2.36. The van der Waals surface area contributed by atoms with E-state index in [-0.39, 0.29) is 35.7 Å². The van der Waals surface area contributed by atoms with Crippen LogP contribution in [-0.2, 0) is 14.3 Å². The molecule has 2 amide bonds. The molecule has 3 heterocycles. The predicted molar refractivity (Wildman–Crippen MR) is 140 cm³/mol. The topological polar surface area (TPSA) is 82.2 Å². The molecule has 3 aliphatic rings. The number of ketones is 1. The van der Waals surface area contributed by atoms with Crippen molar-refractivity contribution < 1.29 is 19.1 Å². The summed E-state index contributed by atoms with van der Waals surface area (Å²) < 4.78 is 5.56. The largest absolute Gasteiger partial charge is 0.369 e. The molecular weight excluding hydrogens is 456 g/mol. The highest BCUT2D eigenvalue weighted by Crippen LogP contribution is 2.29. The standard InChI is InChI=1S/C28H42N4O4/c1-5-13-30-15-17-31(18-16-30)21-8-6-20(7-9-21)26(34)29-22(10-12-28(2,3)4)27(35)32-14-11-24-25(32)23(33)19-36-24/h6-9,22,24-25H,5,10-19H2,1-4H3,(H,29,34)/t22-,24+,25+/m0/s1. The average Bonchev–Trinajstić information content (AvgIpc) is 3.44. The van der Waals surface area contributed by atoms with Crippen LogP contribution in [0, 0.1) is 5.41 Å². The lowest BCUT2D eigenvalue weighted by molar-refractivity contribution is -0.138. The van der Waals surface area contributed by atoms with Gasteiger partial charge in [-0.25, -0.2) is 0 Å². The van der Waals surface area contributed by atoms with Crippen LogP contribution in [0.25, 0.3) is 0 Å². The normalized spacial score (nSPS) is 23.6. The van der Waals surface area contributed by atoms with Gasteiger partial charge in [0.2, 0.25) is 5.91 Å². The average molecular weight is 499 g/mol. The van der Waals surface area contributed by atoms with Crippen LogP contribution >= 0.6 is 0 Å². The quantitative estimate of drug-likeness (QED) is 0.594. The van der Waals surface area contributed by atoms with Crippen molar-refractivity contribution in [3.63, 3.8) is 0 Å². The van der Waals surface area contributed by atoms with Gasteiger partial charge in [-0.15, -0.1) is 0 Å². The molecule has 198 valence electrons. The summed E-state index contributed by atoms with van der Waals surface area (Å²) in [4.78, 5) is 45.6. The predicted octanol–water partition coefficient (Wildman–Crippen LogP) is 2.71. The molecule has 36 heavy (non-hydrogen) atoms. The summed E-state index contributed by atoms with van der Waals surface area (Å²) in [5, 5.41) is 2.99. The van der Waals surface area contributed by atoms with Gasteiger partial charge in [0.25, 0.3) is 5.91 Å². The Hall–Kier alpha value is -2.45. The third-order valence-electron chi connectivity index (χ3n) is 7.59. The zero-order valence-electron chi connectivity index (χ0n) is 22.3. The number of amides is 2. The molecule has 1 N–H and O–H groups in total. The number of likely N-dealkylation sites (tertiary alicyclic amines) is 1. The summed E-state index contributed by atoms with van der Waals surface area (Å²) >= 11 is 0. The summed E-state index contributed by atoms with van der Waals surface area (Å²) in [6.45, 7) is 14.3. The van der Waals surface area contributed by atoms with Crippen molar-refractivity contribution in [2.24, 2.45) is 5.41 Å². The van der Waals surface area contributed by atoms with Gasteiger partial charge in [-0.1, -0.05) is 27.7 Å². The van der Waals surface area contributed by atoms with Gasteiger partial charge in [0.1, 0.15) is 18.7 Å². The molecule has 3 aliphatic heterocycles. The summed E-state index contributed by atoms with van der Waals surface area (Å²) in [6, 6.07) is 6.49. The third kappa shape index (κ3) is 6.27. The Morgan fingerprint density at radius 2 is 1.78 bits per heavy atom. The Balaban J connectivity index is 1.41. The fraction of sp³-hybridized carbons (Fsp3) is 0.679. The summed E-state index contributed by atoms with van der Waals surface area (Å²) in [6.07, 6.45) is 2.93. The van der Waals surface area contributed by atoms with Crippen LogP contribution in [0.1, 0.15) is 63.7 Å². The molecule has 0 saturated carbocycles. The molecule has 0 aromatic heterocycles. The van der Waals surface area contributed by atoms with E-state index in [1.54, 1.807) is 4.90 Å². The number of hydrogen-bond donors (Lipinski definition) is 1. The first kappa shape index (κ1) is 26.6. The van der Waals surface area contributed by atoms with E-state index in [1.807, 2.05) is 24.3 Å². The van der Waals surface area contributed by atoms with Crippen molar-refractivity contribution >= 4 is 23.3 Å². The second kappa shape index (κ2) is 11.3. The molecule has 8 heteroatoms. The Labute approximate surface area is 215 Å². The van der Waals surface area contributed by atoms with Crippen LogP contribution in [0.15, 0.2) is 24.3 Å². The minimum absolute atomic E-state index is 0.0197. The zero-order valence-corrected chi connectivity index (χ0v) is 22.3. The maximum Gasteiger partial charge on any atom is 0.251 e. The first-order chi connectivity index (χ1) is 17.2. The lowest BCUT2D eigenvalue weighted by Crippen LogP contribution is -2.52. The summed E-state index contributed by atoms with van der Waals surface area (Å²) in [5.41, 5.74) is 1.67. The minimum atomic E-state index is -0.671. The number of piperazine rings is 1. The lowest BCUT2D eigenvalue weighted by atomic mass is 9.88. The molecule has 0 bridgehead atoms. The van der Waals surface area contributed by atoms with E-state index in [1.165, 1.54) is 6.42 Å². The molecule has 3 atom stereocenters. The zero-order chi connectivity index (χ0) is 25.9. The van der Waals surface area contributed by atoms with Gasteiger partial charge < -0.3 is 19.9 Å². The van der Waals surface area contributed by atoms with Crippen molar-refractivity contribution in [1.82, 2.24) is 15.1 Å². The number of nitrogens with zero attached hydrogens (tertiary/aromatic N) is 3. The van der Waals surface area contributed by atoms with E-state index in [0.717, 1.165) is 44.8 Å². The molecule has 3 saturated heterocycles. The van der Waals surface area contributed by atoms with Crippen LogP contribution in [0.2, 0.25) is 0 Å². The van der Waals surface area contributed by atoms with Crippen molar-refractivity contribution in [2.45, 2.75) is 71.6 Å². The smallest absolute Gasteiger partial charge is 0.251 e. The van der Waals surface area contributed by atoms with Crippen LogP contribution in [0.5, 0.6) is 0 Å². The minimum Gasteiger partial charge on any atom is -0.369 e. The highest BCUT2D eigenvalue weighted by molar-refractivity contribution is 5.99. The molecule has 1 aromatic carbocycles. The number of nitrogens with one attached hydrogen (secondary N) is 1. The maximum absolute atomic E-state index is 13.5. The number of hydrogen-bond acceptors (Lipinski definition) is 6. The molecule has 8 nitrogen and oxygen atoms in total. The molecule has 0 aliphatic carbocycles. The van der Waals surface area contributed by atoms with Gasteiger partial charge in [-0.2, -0.15) is 0 Å². The van der Waals surface area contributed by atoms with Crippen LogP contribution in [-0.4, -0.2) is 91.5 Å². The third-order valence-corrected chi connectivity index (χ3v) is 7.59. The second-order valence-electron chi connectivity index (χ2n) is 11.6. The summed E-state index contributed by atoms with van der Waals surface area (Å²) in [7, 11) is 0. The number of anilines is 1. The maximum atomic E-state index is 13.5. The monoisotopic (exact) mass is 498 g/mol. The van der Waals surface area contributed by atoms with Crippen LogP contribution < -0.4 is 10.2 Å². The van der Waals surface area contributed by atoms with E-state index >= 15 is 0 Å². The van der Waals surface area contributed by atoms with Gasteiger partial charge in [0.05, 0.1) is 6.10 Å². The Morgan fingerprint density at radius 3 is 2.42 bits per heavy atom. The second-order valence-corrected chi connectivity index (χ2v) is 11.6. The van der Waals surface area contributed by atoms with Gasteiger partial charge in [0.15, 0.2) is 5.78 Å². The van der Waals surface area contributed by atoms with Crippen LogP contribution in [0.4, 0.5) is 5.69 Å². The van der Waals surface area contributed by atoms with E-state index in [0.29, 0.717) is 24.9 Å². The van der Waals surface area contributed by atoms with Gasteiger partial charge >= 0.3 is 0 Å². The van der Waals surface area contributed by atoms with Crippen molar-refractivity contribution in [3.8, 4) is 0 Å². The molecule has 0 spiro atoms. The Bertz CT molecular complexity index is 934. The number of carbonyl (C=O) groups excluding carboxylic acids is 3. The SMILES string of the molecule is CCCN1CCN(c2ccc(C(=O)N[C@@H](CCC(C)(C)C)C(=O)N3CC[C@H]4OCC(=O)[C@H]43)cc2)CC1. The van der Waals surface area contributed by atoms with E-state index < -0.39 is 12.1 Å². The molecule has 4 rings (SSSR count). The van der Waals surface area contributed by atoms with Gasteiger partial charge in [-0.3, -0.25) is 19.3 Å². The number of benzene rings is 1. The van der Waals surface area contributed by atoms with Crippen molar-refractivity contribution in [2.75, 3.05) is 50.8 Å². The van der Waals surface area contributed by atoms with Crippen molar-refractivity contribution in [1.29, 1.82) is 0 Å². The first-order valence-electron chi connectivity index (χ1n) is 13.5. The van der Waals surface area contributed by atoms with E-state index in [2.05, 4.69) is 42.8 Å². The molecule has 0 unspecified atom stereocenters. The molecule has 1 aromatic rings. The number of carbonyl (C=O) groups is 3. The number of ether oxygens (including phenoxy) is 1. The Kier molecular flexibility index (Phi) is 8.35. The number of rotatable bonds is 8. The molecule has 0 radical (unpaired) electrons. The summed E-state index contributed by atoms with van der Waals surface area (Å²) in [5.74, 6) is -0.482. The Morgan fingerprint density at radius 1 is 1.08 bits per heavy atom. The van der Waals surface area contributed by atoms with E-state index in [9.17, 15) is 14.4 Å². The highest BCUT2D eigenvalue weighted by Gasteiger charge is 2.48. The van der Waals surface area contributed by atoms with Gasteiger partial charge in [0, 0.05) is 44.0 Å². The van der Waals surface area contributed by atoms with E-state index in [4.69, 9.17) is 4.74 Å². The van der Waals surface area contributed by atoms with Crippen LogP contribution in [0.3, 0.4) is 0 Å². The fourth-order valence-corrected chi connectivity index (χ4v) is 5.49.